The summed E-state index contributed by atoms with van der Waals surface area (Å²) in [6, 6.07) is 8.35. The fourth-order valence-electron chi connectivity index (χ4n) is 3.46. The van der Waals surface area contributed by atoms with Crippen molar-refractivity contribution in [3.63, 3.8) is 0 Å². The van der Waals surface area contributed by atoms with E-state index >= 15 is 0 Å². The highest BCUT2D eigenvalue weighted by atomic mass is 19.1. The number of halogens is 1. The van der Waals surface area contributed by atoms with E-state index < -0.39 is 6.17 Å². The third kappa shape index (κ3) is 4.30. The fourth-order valence-corrected chi connectivity index (χ4v) is 3.46. The van der Waals surface area contributed by atoms with Crippen LogP contribution in [0.25, 0.3) is 0 Å². The third-order valence-corrected chi connectivity index (χ3v) is 4.98. The van der Waals surface area contributed by atoms with Gasteiger partial charge in [0.1, 0.15) is 6.17 Å². The Morgan fingerprint density at radius 2 is 2.09 bits per heavy atom. The normalized spacial score (nSPS) is 26.3. The van der Waals surface area contributed by atoms with E-state index in [9.17, 15) is 9.18 Å². The van der Waals surface area contributed by atoms with E-state index in [1.807, 2.05) is 0 Å². The summed E-state index contributed by atoms with van der Waals surface area (Å²) in [6.45, 7) is 5.40. The molecule has 2 aliphatic heterocycles. The number of likely N-dealkylation sites (tertiary alicyclic amines) is 1. The number of hydrogen-bond donors (Lipinski definition) is 2. The first kappa shape index (κ1) is 16.4. The smallest absolute Gasteiger partial charge is 0.237 e. The van der Waals surface area contributed by atoms with Gasteiger partial charge in [0, 0.05) is 38.6 Å². The van der Waals surface area contributed by atoms with Gasteiger partial charge in [-0.15, -0.1) is 0 Å². The number of hydrogen-bond acceptors (Lipinski definition) is 3. The highest BCUT2D eigenvalue weighted by molar-refractivity contribution is 5.82. The maximum atomic E-state index is 13.2. The summed E-state index contributed by atoms with van der Waals surface area (Å²) in [5.74, 6) is -0.0393. The molecule has 2 aliphatic rings. The van der Waals surface area contributed by atoms with Crippen molar-refractivity contribution >= 4 is 5.91 Å². The van der Waals surface area contributed by atoms with Gasteiger partial charge in [0.25, 0.3) is 0 Å². The molecule has 1 aromatic carbocycles. The molecule has 1 amide bonds. The number of carbonyl (C=O) groups excluding carboxylic acids is 1. The standard InChI is InChI=1S/C18H26FN3O/c1-13-4-2-3-5-14(13)12-22-8-6-16(7-9-22)21-18(23)17-10-15(19)11-20-17/h2-5,15-17,20H,6-12H2,1H3,(H,21,23)/t15-,17+/m0/s1. The summed E-state index contributed by atoms with van der Waals surface area (Å²) < 4.78 is 13.2. The molecule has 5 heteroatoms. The molecular weight excluding hydrogens is 293 g/mol. The van der Waals surface area contributed by atoms with Crippen LogP contribution in [0.5, 0.6) is 0 Å². The molecule has 2 atom stereocenters. The third-order valence-electron chi connectivity index (χ3n) is 4.98. The van der Waals surface area contributed by atoms with Gasteiger partial charge in [-0.05, 0) is 30.9 Å². The van der Waals surface area contributed by atoms with Crippen LogP contribution in [-0.4, -0.2) is 48.7 Å². The molecule has 2 heterocycles. The number of rotatable bonds is 4. The molecule has 2 N–H and O–H groups in total. The van der Waals surface area contributed by atoms with Crippen molar-refractivity contribution in [1.29, 1.82) is 0 Å². The Hall–Kier alpha value is -1.46. The lowest BCUT2D eigenvalue weighted by Crippen LogP contribution is -2.49. The minimum atomic E-state index is -0.887. The molecule has 4 nitrogen and oxygen atoms in total. The summed E-state index contributed by atoms with van der Waals surface area (Å²) in [5.41, 5.74) is 2.70. The Labute approximate surface area is 137 Å². The molecule has 0 saturated carbocycles. The lowest BCUT2D eigenvalue weighted by Gasteiger charge is -2.33. The number of aryl methyl sites for hydroxylation is 1. The molecule has 0 radical (unpaired) electrons. The van der Waals surface area contributed by atoms with Gasteiger partial charge in [-0.3, -0.25) is 9.69 Å². The quantitative estimate of drug-likeness (QED) is 0.889. The number of piperidine rings is 1. The SMILES string of the molecule is Cc1ccccc1CN1CCC(NC(=O)[C@H]2C[C@H](F)CN2)CC1. The number of benzene rings is 1. The molecule has 0 aromatic heterocycles. The number of nitrogens with one attached hydrogen (secondary N) is 2. The highest BCUT2D eigenvalue weighted by Gasteiger charge is 2.31. The van der Waals surface area contributed by atoms with Crippen LogP contribution in [0.1, 0.15) is 30.4 Å². The summed E-state index contributed by atoms with van der Waals surface area (Å²) in [4.78, 5) is 14.6. The minimum absolute atomic E-state index is 0.0393. The number of alkyl halides is 1. The van der Waals surface area contributed by atoms with Crippen molar-refractivity contribution in [3.8, 4) is 0 Å². The molecular formula is C18H26FN3O. The van der Waals surface area contributed by atoms with E-state index in [2.05, 4.69) is 46.7 Å². The topological polar surface area (TPSA) is 44.4 Å². The minimum Gasteiger partial charge on any atom is -0.352 e. The summed E-state index contributed by atoms with van der Waals surface area (Å²) in [5, 5.41) is 6.03. The van der Waals surface area contributed by atoms with E-state index in [1.54, 1.807) is 0 Å². The van der Waals surface area contributed by atoms with Crippen LogP contribution in [0.4, 0.5) is 4.39 Å². The highest BCUT2D eigenvalue weighted by Crippen LogP contribution is 2.17. The number of carbonyl (C=O) groups is 1. The fraction of sp³-hybridized carbons (Fsp3) is 0.611. The number of amides is 1. The average Bonchev–Trinajstić information content (AvgIpc) is 2.98. The molecule has 0 aliphatic carbocycles. The Bertz CT molecular complexity index is 543. The predicted molar refractivity (Wildman–Crippen MR) is 88.9 cm³/mol. The van der Waals surface area contributed by atoms with Crippen LogP contribution < -0.4 is 10.6 Å². The summed E-state index contributed by atoms with van der Waals surface area (Å²) in [7, 11) is 0. The Kier molecular flexibility index (Phi) is 5.28. The zero-order valence-electron chi connectivity index (χ0n) is 13.7. The molecule has 2 saturated heterocycles. The van der Waals surface area contributed by atoms with E-state index in [0.717, 1.165) is 32.5 Å². The first-order valence-corrected chi connectivity index (χ1v) is 8.56. The maximum absolute atomic E-state index is 13.2. The van der Waals surface area contributed by atoms with Crippen molar-refractivity contribution < 1.29 is 9.18 Å². The molecule has 1 aromatic rings. The van der Waals surface area contributed by atoms with Crippen molar-refractivity contribution in [2.45, 2.75) is 51.0 Å². The largest absolute Gasteiger partial charge is 0.352 e. The second kappa shape index (κ2) is 7.41. The molecule has 0 spiro atoms. The lowest BCUT2D eigenvalue weighted by atomic mass is 10.0. The second-order valence-electron chi connectivity index (χ2n) is 6.78. The van der Waals surface area contributed by atoms with Crippen LogP contribution in [0.2, 0.25) is 0 Å². The van der Waals surface area contributed by atoms with Gasteiger partial charge in [-0.2, -0.15) is 0 Å². The van der Waals surface area contributed by atoms with E-state index in [0.29, 0.717) is 13.0 Å². The van der Waals surface area contributed by atoms with Crippen LogP contribution in [0, 0.1) is 6.92 Å². The molecule has 3 rings (SSSR count). The van der Waals surface area contributed by atoms with Crippen molar-refractivity contribution in [2.24, 2.45) is 0 Å². The number of nitrogens with zero attached hydrogens (tertiary/aromatic N) is 1. The van der Waals surface area contributed by atoms with Crippen molar-refractivity contribution in [3.05, 3.63) is 35.4 Å². The van der Waals surface area contributed by atoms with Crippen LogP contribution in [0.3, 0.4) is 0 Å². The molecule has 23 heavy (non-hydrogen) atoms. The van der Waals surface area contributed by atoms with Gasteiger partial charge in [0.05, 0.1) is 6.04 Å². The van der Waals surface area contributed by atoms with Crippen molar-refractivity contribution in [2.75, 3.05) is 19.6 Å². The molecule has 0 unspecified atom stereocenters. The van der Waals surface area contributed by atoms with E-state index in [4.69, 9.17) is 0 Å². The van der Waals surface area contributed by atoms with E-state index in [-0.39, 0.29) is 18.0 Å². The monoisotopic (exact) mass is 319 g/mol. The second-order valence-corrected chi connectivity index (χ2v) is 6.78. The van der Waals surface area contributed by atoms with Gasteiger partial charge in [-0.25, -0.2) is 4.39 Å². The summed E-state index contributed by atoms with van der Waals surface area (Å²) >= 11 is 0. The van der Waals surface area contributed by atoms with Crippen molar-refractivity contribution in [1.82, 2.24) is 15.5 Å². The molecule has 126 valence electrons. The zero-order chi connectivity index (χ0) is 16.2. The Balaban J connectivity index is 1.43. The lowest BCUT2D eigenvalue weighted by molar-refractivity contribution is -0.123. The van der Waals surface area contributed by atoms with Gasteiger partial charge < -0.3 is 10.6 Å². The van der Waals surface area contributed by atoms with Gasteiger partial charge >= 0.3 is 0 Å². The van der Waals surface area contributed by atoms with Gasteiger partial charge in [0.15, 0.2) is 0 Å². The van der Waals surface area contributed by atoms with Gasteiger partial charge in [-0.1, -0.05) is 24.3 Å². The predicted octanol–water partition coefficient (Wildman–Crippen LogP) is 1.78. The Morgan fingerprint density at radius 1 is 1.35 bits per heavy atom. The average molecular weight is 319 g/mol. The van der Waals surface area contributed by atoms with Crippen LogP contribution in [-0.2, 0) is 11.3 Å². The maximum Gasteiger partial charge on any atom is 0.237 e. The first-order valence-electron chi connectivity index (χ1n) is 8.56. The summed E-state index contributed by atoms with van der Waals surface area (Å²) in [6.07, 6.45) is 1.34. The van der Waals surface area contributed by atoms with Crippen LogP contribution in [0.15, 0.2) is 24.3 Å². The molecule has 2 fully saturated rings. The Morgan fingerprint density at radius 3 is 2.74 bits per heavy atom. The van der Waals surface area contributed by atoms with E-state index in [1.165, 1.54) is 11.1 Å². The zero-order valence-corrected chi connectivity index (χ0v) is 13.7. The van der Waals surface area contributed by atoms with Crippen LogP contribution >= 0.6 is 0 Å². The van der Waals surface area contributed by atoms with Gasteiger partial charge in [0.2, 0.25) is 5.91 Å². The first-order chi connectivity index (χ1) is 11.1. The molecule has 0 bridgehead atoms.